The predicted octanol–water partition coefficient (Wildman–Crippen LogP) is 2.77. The van der Waals surface area contributed by atoms with Crippen molar-refractivity contribution in [2.45, 2.75) is 37.8 Å². The van der Waals surface area contributed by atoms with Crippen LogP contribution in [0.1, 0.15) is 42.5 Å². The van der Waals surface area contributed by atoms with E-state index in [1.54, 1.807) is 6.07 Å². The second-order valence-electron chi connectivity index (χ2n) is 7.29. The number of anilines is 1. The summed E-state index contributed by atoms with van der Waals surface area (Å²) in [7, 11) is 1.33. The number of hydrogen-bond acceptors (Lipinski definition) is 9. The van der Waals surface area contributed by atoms with Gasteiger partial charge in [0.05, 0.1) is 12.7 Å². The molecule has 4 N–H and O–H groups in total. The van der Waals surface area contributed by atoms with Crippen molar-refractivity contribution in [2.75, 3.05) is 12.0 Å². The molecule has 9 heteroatoms. The van der Waals surface area contributed by atoms with E-state index in [9.17, 15) is 4.79 Å². The second-order valence-corrected chi connectivity index (χ2v) is 7.29. The number of carbonyl (C=O) groups is 1. The highest BCUT2D eigenvalue weighted by molar-refractivity contribution is 6.05. The van der Waals surface area contributed by atoms with E-state index in [2.05, 4.69) is 15.0 Å². The summed E-state index contributed by atoms with van der Waals surface area (Å²) in [5.74, 6) is 0.982. The van der Waals surface area contributed by atoms with Crippen molar-refractivity contribution in [1.82, 2.24) is 4.98 Å². The summed E-state index contributed by atoms with van der Waals surface area (Å²) in [6.45, 7) is 0. The van der Waals surface area contributed by atoms with Gasteiger partial charge in [-0.1, -0.05) is 6.42 Å². The van der Waals surface area contributed by atoms with E-state index in [1.165, 1.54) is 25.8 Å². The van der Waals surface area contributed by atoms with Crippen LogP contribution in [0.3, 0.4) is 0 Å². The van der Waals surface area contributed by atoms with Crippen LogP contribution in [0.15, 0.2) is 52.6 Å². The summed E-state index contributed by atoms with van der Waals surface area (Å²) < 4.78 is 10.5. The lowest BCUT2D eigenvalue weighted by Gasteiger charge is -2.45. The number of pyridine rings is 1. The van der Waals surface area contributed by atoms with Crippen LogP contribution >= 0.6 is 0 Å². The molecule has 1 saturated carbocycles. The van der Waals surface area contributed by atoms with Gasteiger partial charge in [0, 0.05) is 18.0 Å². The van der Waals surface area contributed by atoms with Crippen LogP contribution in [0, 0.1) is 0 Å². The number of esters is 1. The van der Waals surface area contributed by atoms with E-state index in [1.807, 2.05) is 29.2 Å². The number of methoxy groups -OCH3 is 1. The zero-order chi connectivity index (χ0) is 21.1. The molecular weight excluding hydrogens is 384 g/mol. The van der Waals surface area contributed by atoms with E-state index in [4.69, 9.17) is 20.9 Å². The molecule has 0 atom stereocenters. The number of guanidine groups is 2. The highest BCUT2D eigenvalue weighted by atomic mass is 16.5. The lowest BCUT2D eigenvalue weighted by molar-refractivity contribution is 0.0600. The Morgan fingerprint density at radius 1 is 1.10 bits per heavy atom. The number of hydrogen-bond donors (Lipinski definition) is 2. The number of benzene rings is 1. The predicted molar refractivity (Wildman–Crippen MR) is 114 cm³/mol. The van der Waals surface area contributed by atoms with Gasteiger partial charge in [-0.15, -0.1) is 0 Å². The highest BCUT2D eigenvalue weighted by Gasteiger charge is 2.42. The molecule has 2 aromatic rings. The minimum atomic E-state index is -0.493. The fraction of sp³-hybridized carbons (Fsp3) is 0.333. The van der Waals surface area contributed by atoms with Gasteiger partial charge in [0.2, 0.25) is 17.8 Å². The van der Waals surface area contributed by atoms with Crippen molar-refractivity contribution in [3.05, 3.63) is 48.2 Å². The first-order chi connectivity index (χ1) is 14.5. The molecular formula is C21H24N6O3. The van der Waals surface area contributed by atoms with Gasteiger partial charge in [0.25, 0.3) is 0 Å². The van der Waals surface area contributed by atoms with E-state index in [0.717, 1.165) is 31.4 Å². The molecule has 156 valence electrons. The van der Waals surface area contributed by atoms with Gasteiger partial charge in [0.15, 0.2) is 0 Å². The third-order valence-corrected chi connectivity index (χ3v) is 5.32. The summed E-state index contributed by atoms with van der Waals surface area (Å²) in [4.78, 5) is 26.6. The molecule has 1 aromatic heterocycles. The Bertz CT molecular complexity index is 996. The topological polar surface area (TPSA) is 128 Å². The molecule has 0 bridgehead atoms. The van der Waals surface area contributed by atoms with Gasteiger partial charge in [0.1, 0.15) is 11.4 Å². The molecule has 9 nitrogen and oxygen atoms in total. The first-order valence-corrected chi connectivity index (χ1v) is 9.83. The minimum Gasteiger partial charge on any atom is -0.465 e. The number of aromatic nitrogens is 1. The molecule has 0 amide bonds. The number of aliphatic imine (C=N–C) groups is 2. The molecule has 0 radical (unpaired) electrons. The molecule has 30 heavy (non-hydrogen) atoms. The van der Waals surface area contributed by atoms with E-state index < -0.39 is 11.6 Å². The third-order valence-electron chi connectivity index (χ3n) is 5.32. The molecule has 1 aromatic carbocycles. The molecule has 1 aliphatic heterocycles. The number of nitrogens with two attached hydrogens (primary N) is 2. The van der Waals surface area contributed by atoms with Crippen LogP contribution in [0.4, 0.5) is 5.69 Å². The maximum absolute atomic E-state index is 11.7. The van der Waals surface area contributed by atoms with Gasteiger partial charge in [-0.05, 0) is 56.0 Å². The minimum absolute atomic E-state index is 0.224. The maximum Gasteiger partial charge on any atom is 0.338 e. The molecule has 2 heterocycles. The Kier molecular flexibility index (Phi) is 5.26. The standard InChI is InChI=1S/C21H24N6O3/c1-29-18(28)14-9-12-24-17(13-14)30-16-7-5-15(6-8-16)27-20(23)25-19(22)26-21(27)10-3-2-4-11-21/h5-9,12-13H,2-4,10-11H2,1H3,(H4,22,23,25,26). The van der Waals surface area contributed by atoms with Gasteiger partial charge in [-0.25, -0.2) is 14.8 Å². The van der Waals surface area contributed by atoms with Gasteiger partial charge < -0.3 is 20.9 Å². The summed E-state index contributed by atoms with van der Waals surface area (Å²) in [6, 6.07) is 10.5. The average molecular weight is 408 g/mol. The fourth-order valence-electron chi connectivity index (χ4n) is 3.99. The Balaban J connectivity index is 1.57. The average Bonchev–Trinajstić information content (AvgIpc) is 2.74. The van der Waals surface area contributed by atoms with Gasteiger partial charge in [-0.2, -0.15) is 4.99 Å². The smallest absolute Gasteiger partial charge is 0.338 e. The Morgan fingerprint density at radius 2 is 1.83 bits per heavy atom. The summed E-state index contributed by atoms with van der Waals surface area (Å²) in [5.41, 5.74) is 12.9. The Morgan fingerprint density at radius 3 is 2.53 bits per heavy atom. The Hall–Kier alpha value is -3.62. The van der Waals surface area contributed by atoms with Gasteiger partial charge >= 0.3 is 5.97 Å². The molecule has 4 rings (SSSR count). The monoisotopic (exact) mass is 408 g/mol. The van der Waals surface area contributed by atoms with Crippen molar-refractivity contribution in [2.24, 2.45) is 21.5 Å². The zero-order valence-electron chi connectivity index (χ0n) is 16.7. The lowest BCUT2D eigenvalue weighted by Crippen LogP contribution is -2.58. The number of carbonyl (C=O) groups excluding carboxylic acids is 1. The van der Waals surface area contributed by atoms with Crippen LogP contribution in [0.5, 0.6) is 11.6 Å². The molecule has 2 aliphatic rings. The normalized spacial score (nSPS) is 17.8. The third kappa shape index (κ3) is 3.78. The van der Waals surface area contributed by atoms with Crippen LogP contribution < -0.4 is 21.1 Å². The van der Waals surface area contributed by atoms with Crippen LogP contribution in [0.2, 0.25) is 0 Å². The SMILES string of the molecule is COC(=O)c1ccnc(Oc2ccc(N3C(N)=NC(N)=NC34CCCCC4)cc2)c1. The maximum atomic E-state index is 11.7. The van der Waals surface area contributed by atoms with Gasteiger partial charge in [-0.3, -0.25) is 4.90 Å². The first-order valence-electron chi connectivity index (χ1n) is 9.83. The van der Waals surface area contributed by atoms with Crippen molar-refractivity contribution >= 4 is 23.6 Å². The molecule has 1 spiro atoms. The van der Waals surface area contributed by atoms with E-state index >= 15 is 0 Å². The molecule has 1 aliphatic carbocycles. The number of nitrogens with zero attached hydrogens (tertiary/aromatic N) is 4. The van der Waals surface area contributed by atoms with Crippen LogP contribution in [0.25, 0.3) is 0 Å². The molecule has 0 saturated heterocycles. The molecule has 0 unspecified atom stereocenters. The first kappa shape index (κ1) is 19.7. The van der Waals surface area contributed by atoms with Crippen molar-refractivity contribution in [1.29, 1.82) is 0 Å². The summed E-state index contributed by atoms with van der Waals surface area (Å²) in [5, 5.41) is 0. The summed E-state index contributed by atoms with van der Waals surface area (Å²) in [6.07, 6.45) is 6.52. The number of ether oxygens (including phenoxy) is 2. The molecule has 1 fully saturated rings. The quantitative estimate of drug-likeness (QED) is 0.744. The fourth-order valence-corrected chi connectivity index (χ4v) is 3.99. The van der Waals surface area contributed by atoms with E-state index in [-0.39, 0.29) is 5.96 Å². The zero-order valence-corrected chi connectivity index (χ0v) is 16.7. The van der Waals surface area contributed by atoms with Crippen molar-refractivity contribution in [3.63, 3.8) is 0 Å². The number of rotatable bonds is 4. The Labute approximate surface area is 174 Å². The van der Waals surface area contributed by atoms with Crippen LogP contribution in [-0.4, -0.2) is 35.6 Å². The van der Waals surface area contributed by atoms with Crippen molar-refractivity contribution in [3.8, 4) is 11.6 Å². The largest absolute Gasteiger partial charge is 0.465 e. The van der Waals surface area contributed by atoms with E-state index in [0.29, 0.717) is 23.2 Å². The highest BCUT2D eigenvalue weighted by Crippen LogP contribution is 2.39. The lowest BCUT2D eigenvalue weighted by atomic mass is 9.87. The van der Waals surface area contributed by atoms with Crippen LogP contribution in [-0.2, 0) is 4.74 Å². The second kappa shape index (κ2) is 8.02. The summed E-state index contributed by atoms with van der Waals surface area (Å²) >= 11 is 0. The van der Waals surface area contributed by atoms with Crippen molar-refractivity contribution < 1.29 is 14.3 Å².